The van der Waals surface area contributed by atoms with Crippen molar-refractivity contribution >= 4 is 5.96 Å². The normalized spacial score (nSPS) is 12.0. The zero-order chi connectivity index (χ0) is 20.1. The first kappa shape index (κ1) is 22.9. The Balaban J connectivity index is 2.39. The molecule has 0 spiro atoms. The lowest BCUT2D eigenvalue weighted by molar-refractivity contribution is -0.173. The zero-order valence-electron chi connectivity index (χ0n) is 16.0. The van der Waals surface area contributed by atoms with Crippen molar-refractivity contribution in [3.8, 4) is 11.5 Å². The van der Waals surface area contributed by atoms with Crippen LogP contribution in [0.25, 0.3) is 0 Å². The predicted octanol–water partition coefficient (Wildman–Crippen LogP) is 2.77. The van der Waals surface area contributed by atoms with Crippen LogP contribution in [0.4, 0.5) is 13.2 Å². The SMILES string of the molecule is CCNC(=NCCCOCC(F)(F)F)NCCc1ccc(OC)c(OC)c1. The van der Waals surface area contributed by atoms with E-state index in [1.807, 2.05) is 25.1 Å². The predicted molar refractivity (Wildman–Crippen MR) is 98.7 cm³/mol. The topological polar surface area (TPSA) is 64.1 Å². The highest BCUT2D eigenvalue weighted by Gasteiger charge is 2.27. The van der Waals surface area contributed by atoms with Crippen LogP contribution in [-0.4, -0.2) is 59.2 Å². The number of guanidine groups is 1. The fourth-order valence-corrected chi connectivity index (χ4v) is 2.25. The molecule has 1 rings (SSSR count). The van der Waals surface area contributed by atoms with Crippen LogP contribution < -0.4 is 20.1 Å². The smallest absolute Gasteiger partial charge is 0.411 e. The van der Waals surface area contributed by atoms with E-state index in [4.69, 9.17) is 9.47 Å². The molecular formula is C18H28F3N3O3. The Labute approximate surface area is 158 Å². The average molecular weight is 391 g/mol. The van der Waals surface area contributed by atoms with Gasteiger partial charge in [-0.1, -0.05) is 6.07 Å². The van der Waals surface area contributed by atoms with Crippen molar-refractivity contribution in [1.29, 1.82) is 0 Å². The highest BCUT2D eigenvalue weighted by Crippen LogP contribution is 2.27. The van der Waals surface area contributed by atoms with Gasteiger partial charge in [-0.15, -0.1) is 0 Å². The van der Waals surface area contributed by atoms with Gasteiger partial charge in [-0.25, -0.2) is 0 Å². The summed E-state index contributed by atoms with van der Waals surface area (Å²) in [5.74, 6) is 1.97. The summed E-state index contributed by atoms with van der Waals surface area (Å²) in [6.07, 6.45) is -3.12. The Morgan fingerprint density at radius 3 is 2.48 bits per heavy atom. The van der Waals surface area contributed by atoms with Crippen molar-refractivity contribution in [2.24, 2.45) is 4.99 Å². The van der Waals surface area contributed by atoms with E-state index in [-0.39, 0.29) is 6.61 Å². The number of halogens is 3. The van der Waals surface area contributed by atoms with Crippen molar-refractivity contribution < 1.29 is 27.4 Å². The monoisotopic (exact) mass is 391 g/mol. The van der Waals surface area contributed by atoms with Gasteiger partial charge in [0.05, 0.1) is 14.2 Å². The zero-order valence-corrected chi connectivity index (χ0v) is 16.0. The van der Waals surface area contributed by atoms with Crippen LogP contribution in [0.15, 0.2) is 23.2 Å². The summed E-state index contributed by atoms with van der Waals surface area (Å²) in [6, 6.07) is 5.74. The molecule has 1 aromatic carbocycles. The molecule has 0 saturated carbocycles. The first-order chi connectivity index (χ1) is 12.9. The Hall–Kier alpha value is -2.16. The molecule has 9 heteroatoms. The van der Waals surface area contributed by atoms with Crippen molar-refractivity contribution in [2.75, 3.05) is 47.1 Å². The maximum Gasteiger partial charge on any atom is 0.411 e. The third kappa shape index (κ3) is 9.93. The van der Waals surface area contributed by atoms with Crippen LogP contribution in [0.5, 0.6) is 11.5 Å². The molecule has 0 aliphatic carbocycles. The van der Waals surface area contributed by atoms with Crippen LogP contribution in [0.2, 0.25) is 0 Å². The second-order valence-corrected chi connectivity index (χ2v) is 5.65. The molecule has 0 heterocycles. The number of methoxy groups -OCH3 is 2. The van der Waals surface area contributed by atoms with Gasteiger partial charge >= 0.3 is 6.18 Å². The summed E-state index contributed by atoms with van der Waals surface area (Å²) in [6.45, 7) is 2.45. The molecule has 0 saturated heterocycles. The van der Waals surface area contributed by atoms with E-state index in [0.29, 0.717) is 43.5 Å². The maximum atomic E-state index is 12.0. The molecule has 0 fully saturated rings. The quantitative estimate of drug-likeness (QED) is 0.345. The summed E-state index contributed by atoms with van der Waals surface area (Å²) >= 11 is 0. The van der Waals surface area contributed by atoms with Gasteiger partial charge in [0.1, 0.15) is 6.61 Å². The van der Waals surface area contributed by atoms with Crippen molar-refractivity contribution in [1.82, 2.24) is 10.6 Å². The number of nitrogens with one attached hydrogen (secondary N) is 2. The fourth-order valence-electron chi connectivity index (χ4n) is 2.25. The highest BCUT2D eigenvalue weighted by molar-refractivity contribution is 5.79. The van der Waals surface area contributed by atoms with Gasteiger partial charge in [-0.2, -0.15) is 13.2 Å². The number of aliphatic imine (C=N–C) groups is 1. The van der Waals surface area contributed by atoms with Crippen molar-refractivity contribution in [3.63, 3.8) is 0 Å². The average Bonchev–Trinajstić information content (AvgIpc) is 2.63. The molecule has 0 aliphatic rings. The van der Waals surface area contributed by atoms with E-state index in [1.165, 1.54) is 0 Å². The third-order valence-corrected chi connectivity index (χ3v) is 3.48. The number of benzene rings is 1. The molecule has 2 N–H and O–H groups in total. The fraction of sp³-hybridized carbons (Fsp3) is 0.611. The van der Waals surface area contributed by atoms with Crippen molar-refractivity contribution in [2.45, 2.75) is 25.9 Å². The Morgan fingerprint density at radius 1 is 1.11 bits per heavy atom. The van der Waals surface area contributed by atoms with Crippen molar-refractivity contribution in [3.05, 3.63) is 23.8 Å². The van der Waals surface area contributed by atoms with E-state index in [0.717, 1.165) is 12.0 Å². The van der Waals surface area contributed by atoms with E-state index in [9.17, 15) is 13.2 Å². The summed E-state index contributed by atoms with van der Waals surface area (Å²) in [5.41, 5.74) is 1.08. The van der Waals surface area contributed by atoms with Crippen LogP contribution in [0, 0.1) is 0 Å². The molecule has 0 atom stereocenters. The standard InChI is InChI=1S/C18H28F3N3O3/c1-4-22-17(23-9-5-11-27-13-18(19,20)21)24-10-8-14-6-7-15(25-2)16(12-14)26-3/h6-7,12H,4-5,8-11,13H2,1-3H3,(H2,22,23,24). The molecule has 0 aromatic heterocycles. The molecule has 0 amide bonds. The van der Waals surface area contributed by atoms with Crippen LogP contribution in [0.3, 0.4) is 0 Å². The van der Waals surface area contributed by atoms with Crippen LogP contribution in [0.1, 0.15) is 18.9 Å². The van der Waals surface area contributed by atoms with E-state index < -0.39 is 12.8 Å². The van der Waals surface area contributed by atoms with Crippen LogP contribution >= 0.6 is 0 Å². The van der Waals surface area contributed by atoms with Gasteiger partial charge in [0.15, 0.2) is 17.5 Å². The first-order valence-corrected chi connectivity index (χ1v) is 8.77. The maximum absolute atomic E-state index is 12.0. The number of alkyl halides is 3. The third-order valence-electron chi connectivity index (χ3n) is 3.48. The largest absolute Gasteiger partial charge is 0.493 e. The summed E-state index contributed by atoms with van der Waals surface area (Å²) in [5, 5.41) is 6.29. The van der Waals surface area contributed by atoms with Gasteiger partial charge in [0, 0.05) is 26.2 Å². The molecule has 154 valence electrons. The van der Waals surface area contributed by atoms with Gasteiger partial charge in [-0.05, 0) is 37.5 Å². The number of hydrogen-bond donors (Lipinski definition) is 2. The minimum atomic E-state index is -4.29. The first-order valence-electron chi connectivity index (χ1n) is 8.77. The highest BCUT2D eigenvalue weighted by atomic mass is 19.4. The summed E-state index contributed by atoms with van der Waals surface area (Å²) in [4.78, 5) is 4.33. The van der Waals surface area contributed by atoms with E-state index in [2.05, 4.69) is 20.4 Å². The minimum absolute atomic E-state index is 0.0219. The van der Waals surface area contributed by atoms with E-state index in [1.54, 1.807) is 14.2 Å². The Bertz CT molecular complexity index is 581. The molecule has 1 aromatic rings. The molecule has 0 unspecified atom stereocenters. The lowest BCUT2D eigenvalue weighted by Gasteiger charge is -2.13. The Kier molecular flexibility index (Phi) is 10.4. The lowest BCUT2D eigenvalue weighted by Crippen LogP contribution is -2.38. The molecule has 0 aliphatic heterocycles. The summed E-state index contributed by atoms with van der Waals surface area (Å²) in [7, 11) is 3.18. The van der Waals surface area contributed by atoms with Gasteiger partial charge in [0.2, 0.25) is 0 Å². The molecule has 0 bridgehead atoms. The molecule has 27 heavy (non-hydrogen) atoms. The van der Waals surface area contributed by atoms with Gasteiger partial charge < -0.3 is 24.8 Å². The molecule has 6 nitrogen and oxygen atoms in total. The minimum Gasteiger partial charge on any atom is -0.493 e. The van der Waals surface area contributed by atoms with E-state index >= 15 is 0 Å². The summed E-state index contributed by atoms with van der Waals surface area (Å²) < 4.78 is 51.0. The number of ether oxygens (including phenoxy) is 3. The molecular weight excluding hydrogens is 363 g/mol. The second-order valence-electron chi connectivity index (χ2n) is 5.65. The lowest BCUT2D eigenvalue weighted by atomic mass is 10.1. The number of rotatable bonds is 11. The second kappa shape index (κ2) is 12.3. The number of nitrogens with zero attached hydrogens (tertiary/aromatic N) is 1. The Morgan fingerprint density at radius 2 is 1.85 bits per heavy atom. The number of hydrogen-bond acceptors (Lipinski definition) is 4. The van der Waals surface area contributed by atoms with Gasteiger partial charge in [-0.3, -0.25) is 4.99 Å². The van der Waals surface area contributed by atoms with Gasteiger partial charge in [0.25, 0.3) is 0 Å². The molecule has 0 radical (unpaired) electrons. The van der Waals surface area contributed by atoms with Crippen LogP contribution in [-0.2, 0) is 11.2 Å².